The number of aryl methyl sites for hydroxylation is 3. The largest absolute Gasteiger partial charge is 0.331 e. The van der Waals surface area contributed by atoms with Crippen LogP contribution in [0.25, 0.3) is 22.0 Å². The third kappa shape index (κ3) is 5.59. The van der Waals surface area contributed by atoms with Crippen LogP contribution in [0.3, 0.4) is 0 Å². The highest BCUT2D eigenvalue weighted by Gasteiger charge is 2.13. The number of nitrogens with one attached hydrogen (secondary N) is 3. The second kappa shape index (κ2) is 10.1. The summed E-state index contributed by atoms with van der Waals surface area (Å²) in [5, 5.41) is 14.2. The Kier molecular flexibility index (Phi) is 6.55. The molecule has 0 aliphatic carbocycles. The van der Waals surface area contributed by atoms with Crippen molar-refractivity contribution in [2.24, 2.45) is 7.05 Å². The summed E-state index contributed by atoms with van der Waals surface area (Å²) in [6.45, 7) is 6.06. The van der Waals surface area contributed by atoms with Crippen LogP contribution < -0.4 is 16.0 Å². The molecule has 8 nitrogen and oxygen atoms in total. The Morgan fingerprint density at radius 2 is 1.84 bits per heavy atom. The summed E-state index contributed by atoms with van der Waals surface area (Å²) in [5.74, 6) is 0.523. The summed E-state index contributed by atoms with van der Waals surface area (Å²) >= 11 is 0. The Balaban J connectivity index is 1.34. The van der Waals surface area contributed by atoms with Crippen LogP contribution >= 0.6 is 0 Å². The number of carbonyl (C=O) groups excluding carboxylic acids is 1. The highest BCUT2D eigenvalue weighted by Crippen LogP contribution is 2.29. The molecule has 0 aliphatic heterocycles. The number of rotatable bonds is 6. The van der Waals surface area contributed by atoms with Gasteiger partial charge in [-0.05, 0) is 78.9 Å². The Morgan fingerprint density at radius 1 is 0.973 bits per heavy atom. The summed E-state index contributed by atoms with van der Waals surface area (Å²) in [5.41, 5.74) is 7.89. The molecular weight excluding hydrogens is 462 g/mol. The van der Waals surface area contributed by atoms with Crippen molar-refractivity contribution in [3.63, 3.8) is 0 Å². The summed E-state index contributed by atoms with van der Waals surface area (Å²) in [6.07, 6.45) is 5.42. The summed E-state index contributed by atoms with van der Waals surface area (Å²) in [7, 11) is 1.86. The third-order valence-electron chi connectivity index (χ3n) is 6.24. The third-order valence-corrected chi connectivity index (χ3v) is 6.24. The van der Waals surface area contributed by atoms with E-state index in [4.69, 9.17) is 0 Å². The molecule has 5 aromatic rings. The number of hydrogen-bond donors (Lipinski definition) is 3. The Morgan fingerprint density at radius 3 is 2.62 bits per heavy atom. The van der Waals surface area contributed by atoms with E-state index in [-0.39, 0.29) is 12.1 Å². The average Bonchev–Trinajstić information content (AvgIpc) is 3.28. The lowest BCUT2D eigenvalue weighted by Crippen LogP contribution is -2.31. The number of nitrogens with zero attached hydrogens (tertiary/aromatic N) is 4. The standard InChI is InChI=1S/C29H29N7O/c1-18-6-5-7-24(12-18)34-29(37)32-20(3)21-9-8-19(2)26(14-21)22-10-11-27-23(13-22)15-30-28(35-27)33-25-16-31-36(4)17-25/h5-17,20H,1-4H3,(H,30,33,35)(H2,32,34,37). The number of amides is 2. The zero-order chi connectivity index (χ0) is 25.9. The first-order chi connectivity index (χ1) is 17.8. The van der Waals surface area contributed by atoms with Crippen LogP contribution in [0.2, 0.25) is 0 Å². The summed E-state index contributed by atoms with van der Waals surface area (Å²) in [6, 6.07) is 19.8. The van der Waals surface area contributed by atoms with Crippen LogP contribution in [0, 0.1) is 13.8 Å². The van der Waals surface area contributed by atoms with Gasteiger partial charge in [0.25, 0.3) is 0 Å². The van der Waals surface area contributed by atoms with Crippen LogP contribution in [0.5, 0.6) is 0 Å². The molecule has 3 N–H and O–H groups in total. The van der Waals surface area contributed by atoms with E-state index < -0.39 is 0 Å². The molecule has 1 unspecified atom stereocenters. The monoisotopic (exact) mass is 491 g/mol. The predicted octanol–water partition coefficient (Wildman–Crippen LogP) is 6.27. The molecule has 2 amide bonds. The number of fused-ring (bicyclic) bond motifs is 1. The minimum atomic E-state index is -0.237. The first-order valence-corrected chi connectivity index (χ1v) is 12.1. The van der Waals surface area contributed by atoms with E-state index >= 15 is 0 Å². The van der Waals surface area contributed by atoms with Gasteiger partial charge in [-0.25, -0.2) is 14.8 Å². The van der Waals surface area contributed by atoms with Gasteiger partial charge in [-0.2, -0.15) is 5.10 Å². The molecule has 8 heteroatoms. The molecule has 0 fully saturated rings. The van der Waals surface area contributed by atoms with Crippen molar-refractivity contribution >= 4 is 34.3 Å². The lowest BCUT2D eigenvalue weighted by molar-refractivity contribution is 0.249. The van der Waals surface area contributed by atoms with Gasteiger partial charge < -0.3 is 16.0 Å². The van der Waals surface area contributed by atoms with Crippen molar-refractivity contribution in [2.45, 2.75) is 26.8 Å². The first kappa shape index (κ1) is 24.0. The highest BCUT2D eigenvalue weighted by atomic mass is 16.2. The molecule has 1 atom stereocenters. The number of anilines is 3. The fraction of sp³-hybridized carbons (Fsp3) is 0.172. The van der Waals surface area contributed by atoms with Crippen molar-refractivity contribution < 1.29 is 4.79 Å². The van der Waals surface area contributed by atoms with E-state index in [0.29, 0.717) is 5.95 Å². The topological polar surface area (TPSA) is 96.8 Å². The van der Waals surface area contributed by atoms with Crippen molar-refractivity contribution in [3.05, 3.63) is 95.9 Å². The lowest BCUT2D eigenvalue weighted by atomic mass is 9.95. The zero-order valence-electron chi connectivity index (χ0n) is 21.3. The normalized spacial score (nSPS) is 11.8. The van der Waals surface area contributed by atoms with E-state index in [1.807, 2.05) is 63.6 Å². The summed E-state index contributed by atoms with van der Waals surface area (Å²) < 4.78 is 1.72. The molecule has 0 spiro atoms. The molecule has 37 heavy (non-hydrogen) atoms. The van der Waals surface area contributed by atoms with E-state index in [1.165, 1.54) is 0 Å². The minimum absolute atomic E-state index is 0.172. The van der Waals surface area contributed by atoms with Crippen LogP contribution in [0.15, 0.2) is 79.3 Å². The number of hydrogen-bond acceptors (Lipinski definition) is 5. The number of aromatic nitrogens is 4. The van der Waals surface area contributed by atoms with Crippen LogP contribution in [-0.2, 0) is 7.05 Å². The molecule has 0 saturated heterocycles. The smallest absolute Gasteiger partial charge is 0.319 e. The molecule has 3 aromatic carbocycles. The molecular formula is C29H29N7O. The summed E-state index contributed by atoms with van der Waals surface area (Å²) in [4.78, 5) is 21.7. The van der Waals surface area contributed by atoms with E-state index in [0.717, 1.165) is 50.1 Å². The van der Waals surface area contributed by atoms with Crippen molar-refractivity contribution in [3.8, 4) is 11.1 Å². The van der Waals surface area contributed by atoms with Crippen molar-refractivity contribution in [1.29, 1.82) is 0 Å². The second-order valence-electron chi connectivity index (χ2n) is 9.26. The lowest BCUT2D eigenvalue weighted by Gasteiger charge is -2.17. The van der Waals surface area contributed by atoms with Crippen molar-refractivity contribution in [1.82, 2.24) is 25.1 Å². The van der Waals surface area contributed by atoms with Crippen LogP contribution in [0.1, 0.15) is 29.7 Å². The second-order valence-corrected chi connectivity index (χ2v) is 9.26. The van der Waals surface area contributed by atoms with Gasteiger partial charge in [-0.15, -0.1) is 0 Å². The average molecular weight is 492 g/mol. The number of carbonyl (C=O) groups is 1. The van der Waals surface area contributed by atoms with Gasteiger partial charge in [0, 0.05) is 30.5 Å². The van der Waals surface area contributed by atoms with Gasteiger partial charge in [0.05, 0.1) is 23.4 Å². The maximum atomic E-state index is 12.6. The van der Waals surface area contributed by atoms with E-state index in [9.17, 15) is 4.79 Å². The molecule has 2 heterocycles. The Labute approximate surface area is 215 Å². The molecule has 0 aliphatic rings. The van der Waals surface area contributed by atoms with Gasteiger partial charge in [0.2, 0.25) is 5.95 Å². The van der Waals surface area contributed by atoms with Crippen LogP contribution in [-0.4, -0.2) is 25.8 Å². The van der Waals surface area contributed by atoms with E-state index in [1.54, 1.807) is 10.9 Å². The molecule has 2 aromatic heterocycles. The number of benzene rings is 3. The van der Waals surface area contributed by atoms with Crippen LogP contribution in [0.4, 0.5) is 22.1 Å². The highest BCUT2D eigenvalue weighted by molar-refractivity contribution is 5.90. The Hall–Kier alpha value is -4.72. The zero-order valence-corrected chi connectivity index (χ0v) is 21.3. The van der Waals surface area contributed by atoms with Gasteiger partial charge in [0.15, 0.2) is 0 Å². The first-order valence-electron chi connectivity index (χ1n) is 12.1. The minimum Gasteiger partial charge on any atom is -0.331 e. The van der Waals surface area contributed by atoms with Gasteiger partial charge in [-0.3, -0.25) is 4.68 Å². The van der Waals surface area contributed by atoms with Gasteiger partial charge in [-0.1, -0.05) is 30.3 Å². The molecule has 5 rings (SSSR count). The fourth-order valence-corrected chi connectivity index (χ4v) is 4.27. The Bertz CT molecular complexity index is 1590. The molecule has 186 valence electrons. The van der Waals surface area contributed by atoms with Gasteiger partial charge in [0.1, 0.15) is 0 Å². The maximum Gasteiger partial charge on any atom is 0.319 e. The van der Waals surface area contributed by atoms with E-state index in [2.05, 4.69) is 68.3 Å². The number of urea groups is 1. The molecule has 0 bridgehead atoms. The molecule has 0 radical (unpaired) electrons. The maximum absolute atomic E-state index is 12.6. The van der Waals surface area contributed by atoms with Crippen molar-refractivity contribution in [2.75, 3.05) is 10.6 Å². The molecule has 0 saturated carbocycles. The fourth-order valence-electron chi connectivity index (χ4n) is 4.27. The van der Waals surface area contributed by atoms with Gasteiger partial charge >= 0.3 is 6.03 Å². The SMILES string of the molecule is Cc1cccc(NC(=O)NC(C)c2ccc(C)c(-c3ccc4nc(Nc5cnn(C)c5)ncc4c3)c2)c1. The quantitative estimate of drug-likeness (QED) is 0.260. The predicted molar refractivity (Wildman–Crippen MR) is 148 cm³/mol.